The molecular weight excluding hydrogens is 526 g/mol. The van der Waals surface area contributed by atoms with Crippen molar-refractivity contribution >= 4 is 57.9 Å². The number of rotatable bonds is 9. The first-order valence-electron chi connectivity index (χ1n) is 10.5. The quantitative estimate of drug-likeness (QED) is 0.136. The molecule has 2 aromatic heterocycles. The van der Waals surface area contributed by atoms with Crippen LogP contribution in [0.2, 0.25) is 0 Å². The Balaban J connectivity index is 1.47. The second-order valence-electron chi connectivity index (χ2n) is 7.61. The molecule has 5 N–H and O–H groups in total. The maximum Gasteiger partial charge on any atom is 0.352 e. The number of aromatic nitrogens is 3. The van der Waals surface area contributed by atoms with E-state index in [1.54, 1.807) is 29.1 Å². The van der Waals surface area contributed by atoms with Crippen LogP contribution in [0, 0.1) is 0 Å². The van der Waals surface area contributed by atoms with Crippen LogP contribution in [0.5, 0.6) is 0 Å². The first kappa shape index (κ1) is 25.8. The molecule has 14 nitrogen and oxygen atoms in total. The van der Waals surface area contributed by atoms with E-state index in [1.807, 2.05) is 0 Å². The summed E-state index contributed by atoms with van der Waals surface area (Å²) in [5.74, 6) is -3.44. The molecular formula is C21H20N7O7S2+. The number of nitrogens with zero attached hydrogens (tertiary/aromatic N) is 5. The van der Waals surface area contributed by atoms with E-state index in [1.165, 1.54) is 31.0 Å². The van der Waals surface area contributed by atoms with Crippen LogP contribution in [0.4, 0.5) is 5.13 Å². The van der Waals surface area contributed by atoms with Crippen molar-refractivity contribution in [3.63, 3.8) is 0 Å². The van der Waals surface area contributed by atoms with Gasteiger partial charge in [0.05, 0.1) is 5.56 Å². The lowest BCUT2D eigenvalue weighted by Gasteiger charge is -2.49. The van der Waals surface area contributed by atoms with E-state index in [9.17, 15) is 24.3 Å². The smallest absolute Gasteiger partial charge is 0.352 e. The Kier molecular flexibility index (Phi) is 7.49. The Morgan fingerprint density at radius 1 is 1.32 bits per heavy atom. The van der Waals surface area contributed by atoms with Crippen LogP contribution in [0.15, 0.2) is 53.1 Å². The predicted molar refractivity (Wildman–Crippen MR) is 130 cm³/mol. The minimum atomic E-state index is -1.27. The summed E-state index contributed by atoms with van der Waals surface area (Å²) in [4.78, 5) is 58.4. The molecule has 2 aliphatic heterocycles. The van der Waals surface area contributed by atoms with Gasteiger partial charge in [-0.3, -0.25) is 14.5 Å². The van der Waals surface area contributed by atoms with E-state index in [-0.39, 0.29) is 33.7 Å². The van der Waals surface area contributed by atoms with Crippen LogP contribution in [-0.2, 0) is 25.8 Å². The number of hydrogen-bond acceptors (Lipinski definition) is 11. The summed E-state index contributed by atoms with van der Waals surface area (Å²) in [6.45, 7) is 0.355. The van der Waals surface area contributed by atoms with Crippen molar-refractivity contribution < 1.29 is 38.8 Å². The highest BCUT2D eigenvalue weighted by Crippen LogP contribution is 2.40. The Bertz CT molecular complexity index is 1350. The zero-order valence-corrected chi connectivity index (χ0v) is 20.7. The molecule has 0 saturated carbocycles. The zero-order valence-electron chi connectivity index (χ0n) is 19.1. The summed E-state index contributed by atoms with van der Waals surface area (Å²) < 4.78 is 5.64. The number of aliphatic carboxylic acids is 1. The predicted octanol–water partition coefficient (Wildman–Crippen LogP) is -0.548. The van der Waals surface area contributed by atoms with Crippen molar-refractivity contribution in [1.82, 2.24) is 19.6 Å². The Labute approximate surface area is 217 Å². The van der Waals surface area contributed by atoms with Gasteiger partial charge in [-0.1, -0.05) is 11.2 Å². The number of nitrogens with two attached hydrogens (primary N) is 1. The summed E-state index contributed by atoms with van der Waals surface area (Å²) in [6.07, 6.45) is 6.51. The number of carbonyl (C=O) groups is 4. The van der Waals surface area contributed by atoms with Crippen LogP contribution in [0.3, 0.4) is 0 Å². The molecule has 0 aromatic carbocycles. The van der Waals surface area contributed by atoms with Gasteiger partial charge < -0.3 is 26.1 Å². The average Bonchev–Trinajstić information content (AvgIpc) is 3.31. The lowest BCUT2D eigenvalue weighted by molar-refractivity contribution is -0.687. The number of hydrogen-bond donors (Lipinski definition) is 4. The molecule has 2 atom stereocenters. The molecule has 192 valence electrons. The molecule has 0 bridgehead atoms. The van der Waals surface area contributed by atoms with Gasteiger partial charge in [-0.15, -0.1) is 11.8 Å². The van der Waals surface area contributed by atoms with Crippen molar-refractivity contribution in [2.75, 3.05) is 18.6 Å². The second kappa shape index (κ2) is 10.8. The highest BCUT2D eigenvalue weighted by atomic mass is 32.2. The van der Waals surface area contributed by atoms with Gasteiger partial charge in [0.2, 0.25) is 11.5 Å². The Morgan fingerprint density at radius 2 is 2.05 bits per heavy atom. The molecule has 16 heteroatoms. The number of anilines is 1. The molecule has 37 heavy (non-hydrogen) atoms. The number of fused-ring (bicyclic) bond motifs is 1. The Morgan fingerprint density at radius 3 is 2.65 bits per heavy atom. The van der Waals surface area contributed by atoms with Crippen LogP contribution in [0.1, 0.15) is 16.2 Å². The molecule has 4 rings (SSSR count). The fourth-order valence-electron chi connectivity index (χ4n) is 3.63. The lowest BCUT2D eigenvalue weighted by Crippen LogP contribution is -2.71. The number of allylic oxidation sites excluding steroid dienone is 2. The van der Waals surface area contributed by atoms with Crippen LogP contribution < -0.4 is 15.6 Å². The van der Waals surface area contributed by atoms with Gasteiger partial charge in [-0.25, -0.2) is 14.2 Å². The number of amides is 2. The number of carboxylic acid groups (broad SMARTS) is 2. The average molecular weight is 547 g/mol. The zero-order chi connectivity index (χ0) is 26.7. The number of nitrogen functional groups attached to an aromatic ring is 1. The third-order valence-corrected chi connectivity index (χ3v) is 7.16. The normalized spacial score (nSPS) is 19.4. The van der Waals surface area contributed by atoms with Crippen molar-refractivity contribution in [3.05, 3.63) is 59.3 Å². The molecule has 4 heterocycles. The summed E-state index contributed by atoms with van der Waals surface area (Å²) in [5, 5.41) is 24.5. The highest BCUT2D eigenvalue weighted by molar-refractivity contribution is 8.00. The fraction of sp³-hybridized carbons (Fsp3) is 0.238. The molecule has 1 saturated heterocycles. The molecule has 1 unspecified atom stereocenters. The van der Waals surface area contributed by atoms with Gasteiger partial charge >= 0.3 is 11.9 Å². The van der Waals surface area contributed by atoms with Crippen molar-refractivity contribution in [3.8, 4) is 0 Å². The van der Waals surface area contributed by atoms with Gasteiger partial charge in [-0.05, 0) is 11.6 Å². The Hall–Kier alpha value is -4.31. The van der Waals surface area contributed by atoms with Crippen molar-refractivity contribution in [2.45, 2.75) is 18.0 Å². The minimum absolute atomic E-state index is 0.0595. The van der Waals surface area contributed by atoms with Gasteiger partial charge in [0, 0.05) is 29.4 Å². The van der Waals surface area contributed by atoms with Gasteiger partial charge in [0.25, 0.3) is 11.8 Å². The number of carboxylic acids is 2. The molecule has 2 aliphatic rings. The third-order valence-electron chi connectivity index (χ3n) is 5.31. The first-order valence-corrected chi connectivity index (χ1v) is 12.3. The molecule has 0 radical (unpaired) electrons. The number of thioether (sulfide) groups is 1. The number of β-lactam (4-membered cyclic amide) rings is 1. The van der Waals surface area contributed by atoms with E-state index < -0.39 is 35.2 Å². The SMILES string of the molecule is CO/N=C(\C(=O)NC1C(=O)N2C(C(=O)O)=C(/C=C/C[n+]3ccc(C(=O)O)cc3)CS[C@H]12)c1nsc(N)n1. The maximum absolute atomic E-state index is 12.9. The third kappa shape index (κ3) is 5.29. The summed E-state index contributed by atoms with van der Waals surface area (Å²) in [5.41, 5.74) is 5.71. The number of oxime groups is 1. The second-order valence-corrected chi connectivity index (χ2v) is 9.50. The van der Waals surface area contributed by atoms with Crippen molar-refractivity contribution in [2.24, 2.45) is 5.16 Å². The monoisotopic (exact) mass is 546 g/mol. The van der Waals surface area contributed by atoms with Crippen molar-refractivity contribution in [1.29, 1.82) is 0 Å². The van der Waals surface area contributed by atoms with E-state index >= 15 is 0 Å². The van der Waals surface area contributed by atoms with Crippen LogP contribution >= 0.6 is 23.3 Å². The van der Waals surface area contributed by atoms with Gasteiger partial charge in [-0.2, -0.15) is 9.36 Å². The van der Waals surface area contributed by atoms with E-state index in [4.69, 9.17) is 15.7 Å². The highest BCUT2D eigenvalue weighted by Gasteiger charge is 2.54. The van der Waals surface area contributed by atoms with Gasteiger partial charge in [0.1, 0.15) is 24.2 Å². The maximum atomic E-state index is 12.9. The van der Waals surface area contributed by atoms with E-state index in [2.05, 4.69) is 19.8 Å². The van der Waals surface area contributed by atoms with E-state index in [0.717, 1.165) is 16.4 Å². The molecule has 1 fully saturated rings. The number of carbonyl (C=O) groups excluding carboxylic acids is 2. The molecule has 0 aliphatic carbocycles. The molecule has 2 amide bonds. The fourth-order valence-corrected chi connectivity index (χ4v) is 5.38. The standard InChI is InChI=1S/C21H19N7O7S2/c1-35-25-12(15-24-21(22)37-26-15)16(29)23-13-17(30)28-14(20(33)34)11(9-36-18(13)28)3-2-6-27-7-4-10(5-8-27)19(31)32/h2-5,7-8,13,18H,6,9H2,1H3,(H4-,22,23,24,26,29,31,32,33,34)/p+1/b3-2+,25-12-/t13?,18-/m1/s1. The lowest BCUT2D eigenvalue weighted by atomic mass is 10.0. The topological polar surface area (TPSA) is 201 Å². The first-order chi connectivity index (χ1) is 17.7. The summed E-state index contributed by atoms with van der Waals surface area (Å²) >= 11 is 2.16. The summed E-state index contributed by atoms with van der Waals surface area (Å²) in [6, 6.07) is 1.92. The van der Waals surface area contributed by atoms with E-state index in [0.29, 0.717) is 12.1 Å². The summed E-state index contributed by atoms with van der Waals surface area (Å²) in [7, 11) is 1.23. The number of nitrogens with one attached hydrogen (secondary N) is 1. The van der Waals surface area contributed by atoms with Crippen LogP contribution in [-0.4, -0.2) is 78.2 Å². The largest absolute Gasteiger partial charge is 0.478 e. The van der Waals surface area contributed by atoms with Gasteiger partial charge in [0.15, 0.2) is 24.1 Å². The molecule has 0 spiro atoms. The van der Waals surface area contributed by atoms with Crippen LogP contribution in [0.25, 0.3) is 0 Å². The minimum Gasteiger partial charge on any atom is -0.478 e. The molecule has 2 aromatic rings. The number of aromatic carboxylic acids is 1. The number of pyridine rings is 1.